The molecule has 0 saturated carbocycles. The molecule has 2 heterocycles. The van der Waals surface area contributed by atoms with Crippen LogP contribution in [0.3, 0.4) is 0 Å². The summed E-state index contributed by atoms with van der Waals surface area (Å²) in [5.74, 6) is 0.359. The van der Waals surface area contributed by atoms with Crippen molar-refractivity contribution in [1.29, 1.82) is 0 Å². The van der Waals surface area contributed by atoms with Gasteiger partial charge in [0.2, 0.25) is 5.69 Å². The average molecular weight is 664 g/mol. The number of allylic oxidation sites excluding steroid dienone is 8. The summed E-state index contributed by atoms with van der Waals surface area (Å²) in [6.07, 6.45) is 19.1. The van der Waals surface area contributed by atoms with Crippen molar-refractivity contribution in [3.63, 3.8) is 0 Å². The molecule has 4 aromatic carbocycles. The Kier molecular flexibility index (Phi) is 9.91. The number of ketones is 1. The third-order valence-corrected chi connectivity index (χ3v) is 10.9. The molecule has 0 fully saturated rings. The van der Waals surface area contributed by atoms with E-state index >= 15 is 0 Å². The van der Waals surface area contributed by atoms with Crippen molar-refractivity contribution in [3.8, 4) is 0 Å². The van der Waals surface area contributed by atoms with Crippen molar-refractivity contribution in [2.24, 2.45) is 5.41 Å². The lowest BCUT2D eigenvalue weighted by Gasteiger charge is -2.26. The summed E-state index contributed by atoms with van der Waals surface area (Å²) >= 11 is 0. The Hall–Kier alpha value is -4.50. The second-order valence-electron chi connectivity index (χ2n) is 16.1. The summed E-state index contributed by atoms with van der Waals surface area (Å²) in [6.45, 7) is 19.6. The minimum absolute atomic E-state index is 0.0877. The van der Waals surface area contributed by atoms with Crippen LogP contribution in [0.1, 0.15) is 92.2 Å². The molecule has 0 radical (unpaired) electrons. The molecule has 0 unspecified atom stereocenters. The predicted octanol–water partition coefficient (Wildman–Crippen LogP) is 11.9. The molecule has 4 aromatic rings. The van der Waals surface area contributed by atoms with E-state index in [0.29, 0.717) is 12.2 Å². The van der Waals surface area contributed by atoms with Gasteiger partial charge in [0.1, 0.15) is 12.3 Å². The summed E-state index contributed by atoms with van der Waals surface area (Å²) < 4.78 is 2.53. The third kappa shape index (κ3) is 6.55. The highest BCUT2D eigenvalue weighted by Gasteiger charge is 2.45. The van der Waals surface area contributed by atoms with E-state index in [4.69, 9.17) is 0 Å². The van der Waals surface area contributed by atoms with Gasteiger partial charge in [0.05, 0.1) is 5.41 Å². The topological polar surface area (TPSA) is 23.3 Å². The zero-order chi connectivity index (χ0) is 35.7. The van der Waals surface area contributed by atoms with Crippen molar-refractivity contribution in [3.05, 3.63) is 132 Å². The first-order valence-electron chi connectivity index (χ1n) is 18.6. The van der Waals surface area contributed by atoms with Crippen molar-refractivity contribution < 1.29 is 9.37 Å². The Labute approximate surface area is 300 Å². The summed E-state index contributed by atoms with van der Waals surface area (Å²) in [7, 11) is 0. The number of carbonyl (C=O) groups excluding carboxylic acids is 1. The molecular weight excluding hydrogens is 609 g/mol. The molecule has 0 aromatic heterocycles. The quantitative estimate of drug-likeness (QED) is 0.0905. The summed E-state index contributed by atoms with van der Waals surface area (Å²) in [4.78, 5) is 15.0. The summed E-state index contributed by atoms with van der Waals surface area (Å²) in [5.41, 5.74) is 7.62. The SMILES string of the molecule is CCN1C(=CC=CC=CC=CC2=[N+](CCCCCC(=O)C(C)(C)C)c3ccc4ccccc4c3C2(C)C)C(C)(C)c2c1ccc1ccccc21. The van der Waals surface area contributed by atoms with E-state index in [1.54, 1.807) is 0 Å². The minimum atomic E-state index is -0.256. The van der Waals surface area contributed by atoms with Crippen LogP contribution in [0.2, 0.25) is 0 Å². The van der Waals surface area contributed by atoms with Gasteiger partial charge in [-0.1, -0.05) is 120 Å². The first-order chi connectivity index (χ1) is 23.9. The van der Waals surface area contributed by atoms with Gasteiger partial charge in [0.15, 0.2) is 5.71 Å². The number of Topliss-reactive ketones (excluding diaryl/α,β-unsaturated/α-hetero) is 1. The highest BCUT2D eigenvalue weighted by molar-refractivity contribution is 6.07. The van der Waals surface area contributed by atoms with Crippen LogP contribution in [0.25, 0.3) is 21.5 Å². The van der Waals surface area contributed by atoms with Crippen LogP contribution < -0.4 is 4.90 Å². The number of fused-ring (bicyclic) bond motifs is 6. The Bertz CT molecular complexity index is 2080. The van der Waals surface area contributed by atoms with Crippen LogP contribution in [0.4, 0.5) is 11.4 Å². The Morgan fingerprint density at radius 1 is 0.720 bits per heavy atom. The average Bonchev–Trinajstić information content (AvgIpc) is 3.45. The van der Waals surface area contributed by atoms with Gasteiger partial charge in [-0.2, -0.15) is 4.58 Å². The summed E-state index contributed by atoms with van der Waals surface area (Å²) in [6, 6.07) is 26.6. The molecule has 0 bridgehead atoms. The van der Waals surface area contributed by atoms with E-state index in [0.717, 1.165) is 32.4 Å². The minimum Gasteiger partial charge on any atom is -0.344 e. The van der Waals surface area contributed by atoms with Crippen LogP contribution in [-0.2, 0) is 15.6 Å². The molecule has 3 heteroatoms. The molecular formula is C47H55N2O+. The lowest BCUT2D eigenvalue weighted by atomic mass is 9.79. The van der Waals surface area contributed by atoms with E-state index in [1.807, 2.05) is 20.8 Å². The maximum atomic E-state index is 12.5. The van der Waals surface area contributed by atoms with E-state index in [1.165, 1.54) is 55.5 Å². The van der Waals surface area contributed by atoms with Crippen LogP contribution >= 0.6 is 0 Å². The maximum absolute atomic E-state index is 12.5. The Balaban J connectivity index is 1.22. The van der Waals surface area contributed by atoms with Gasteiger partial charge in [-0.3, -0.25) is 4.79 Å². The molecule has 0 spiro atoms. The number of anilines is 1. The Morgan fingerprint density at radius 3 is 2.02 bits per heavy atom. The molecule has 50 heavy (non-hydrogen) atoms. The number of likely N-dealkylation sites (N-methyl/N-ethyl adjacent to an activating group) is 1. The lowest BCUT2D eigenvalue weighted by molar-refractivity contribution is -0.438. The van der Waals surface area contributed by atoms with E-state index in [9.17, 15) is 4.79 Å². The number of nitrogens with zero attached hydrogens (tertiary/aromatic N) is 2. The van der Waals surface area contributed by atoms with Crippen LogP contribution in [-0.4, -0.2) is 29.2 Å². The van der Waals surface area contributed by atoms with Gasteiger partial charge in [-0.25, -0.2) is 0 Å². The van der Waals surface area contributed by atoms with E-state index in [2.05, 4.69) is 159 Å². The fourth-order valence-corrected chi connectivity index (χ4v) is 8.25. The van der Waals surface area contributed by atoms with Gasteiger partial charge in [0, 0.05) is 59.3 Å². The Morgan fingerprint density at radius 2 is 1.34 bits per heavy atom. The highest BCUT2D eigenvalue weighted by atomic mass is 16.1. The van der Waals surface area contributed by atoms with Crippen LogP contribution in [0, 0.1) is 5.41 Å². The number of unbranched alkanes of at least 4 members (excludes halogenated alkanes) is 2. The van der Waals surface area contributed by atoms with Crippen molar-refractivity contribution in [2.45, 2.75) is 91.9 Å². The molecule has 3 nitrogen and oxygen atoms in total. The second-order valence-corrected chi connectivity index (χ2v) is 16.1. The fourth-order valence-electron chi connectivity index (χ4n) is 8.25. The molecule has 0 atom stereocenters. The number of rotatable bonds is 11. The zero-order valence-corrected chi connectivity index (χ0v) is 31.5. The van der Waals surface area contributed by atoms with Gasteiger partial charge in [-0.15, -0.1) is 0 Å². The predicted molar refractivity (Wildman–Crippen MR) is 215 cm³/mol. The van der Waals surface area contributed by atoms with Gasteiger partial charge >= 0.3 is 0 Å². The molecule has 0 amide bonds. The molecule has 0 aliphatic carbocycles. The number of carbonyl (C=O) groups is 1. The monoisotopic (exact) mass is 663 g/mol. The van der Waals surface area contributed by atoms with E-state index < -0.39 is 0 Å². The third-order valence-electron chi connectivity index (χ3n) is 10.9. The molecule has 2 aliphatic rings. The van der Waals surface area contributed by atoms with Gasteiger partial charge in [0.25, 0.3) is 0 Å². The van der Waals surface area contributed by atoms with E-state index in [-0.39, 0.29) is 16.2 Å². The molecule has 2 aliphatic heterocycles. The maximum Gasteiger partial charge on any atom is 0.210 e. The fraction of sp³-hybridized carbons (Fsp3) is 0.362. The van der Waals surface area contributed by atoms with Crippen molar-refractivity contribution >= 4 is 44.4 Å². The zero-order valence-electron chi connectivity index (χ0n) is 31.5. The second kappa shape index (κ2) is 14.0. The van der Waals surface area contributed by atoms with Gasteiger partial charge < -0.3 is 4.90 Å². The smallest absolute Gasteiger partial charge is 0.210 e. The number of benzene rings is 4. The van der Waals surface area contributed by atoms with Gasteiger partial charge in [-0.05, 0) is 78.9 Å². The lowest BCUT2D eigenvalue weighted by Crippen LogP contribution is -2.28. The van der Waals surface area contributed by atoms with Crippen molar-refractivity contribution in [2.75, 3.05) is 18.0 Å². The van der Waals surface area contributed by atoms with Crippen molar-refractivity contribution in [1.82, 2.24) is 0 Å². The first-order valence-corrected chi connectivity index (χ1v) is 18.6. The molecule has 0 saturated heterocycles. The number of hydrogen-bond acceptors (Lipinski definition) is 2. The first kappa shape index (κ1) is 35.3. The number of hydrogen-bond donors (Lipinski definition) is 0. The summed E-state index contributed by atoms with van der Waals surface area (Å²) in [5, 5.41) is 5.26. The molecule has 6 rings (SSSR count). The van der Waals surface area contributed by atoms with Crippen LogP contribution in [0.15, 0.2) is 121 Å². The normalized spacial score (nSPS) is 17.8. The molecule has 258 valence electrons. The largest absolute Gasteiger partial charge is 0.344 e. The molecule has 0 N–H and O–H groups in total. The standard InChI is InChI=1S/C47H55N2O/c1-9-48-38-31-29-34-22-17-19-24-36(34)43(38)46(5,6)40(48)26-14-11-10-12-15-27-41-47(7,8)44-37-25-20-18-23-35(37)30-32-39(44)49(41)33-21-13-16-28-42(50)45(2,3)4/h10-12,14-15,17-20,22-27,29-32H,9,13,16,21,28,33H2,1-8H3/q+1. The van der Waals surface area contributed by atoms with Crippen LogP contribution in [0.5, 0.6) is 0 Å². The highest BCUT2D eigenvalue weighted by Crippen LogP contribution is 2.50.